The molecule has 5 heteroatoms. The van der Waals surface area contributed by atoms with Gasteiger partial charge in [-0.3, -0.25) is 14.2 Å². The van der Waals surface area contributed by atoms with Gasteiger partial charge in [0.25, 0.3) is 5.56 Å². The van der Waals surface area contributed by atoms with Crippen LogP contribution in [0.2, 0.25) is 0 Å². The highest BCUT2D eigenvalue weighted by molar-refractivity contribution is 5.79. The van der Waals surface area contributed by atoms with Crippen LogP contribution in [0.4, 0.5) is 0 Å². The minimum absolute atomic E-state index is 0.0221. The molecular formula is C18H23N3O2. The van der Waals surface area contributed by atoms with E-state index in [1.165, 1.54) is 17.3 Å². The van der Waals surface area contributed by atoms with Gasteiger partial charge in [0.2, 0.25) is 5.91 Å². The predicted molar refractivity (Wildman–Crippen MR) is 90.1 cm³/mol. The van der Waals surface area contributed by atoms with E-state index in [0.717, 1.165) is 12.8 Å². The maximum Gasteiger partial charge on any atom is 0.261 e. The molecule has 3 rings (SSSR count). The number of amides is 1. The van der Waals surface area contributed by atoms with Crippen molar-refractivity contribution in [1.82, 2.24) is 14.9 Å². The smallest absolute Gasteiger partial charge is 0.261 e. The Morgan fingerprint density at radius 1 is 1.30 bits per heavy atom. The molecule has 0 aliphatic heterocycles. The third-order valence-corrected chi connectivity index (χ3v) is 5.10. The van der Waals surface area contributed by atoms with E-state index >= 15 is 0 Å². The number of para-hydroxylation sites is 1. The first-order valence-corrected chi connectivity index (χ1v) is 8.30. The zero-order valence-corrected chi connectivity index (χ0v) is 13.7. The summed E-state index contributed by atoms with van der Waals surface area (Å²) in [5, 5.41) is 3.64. The highest BCUT2D eigenvalue weighted by Gasteiger charge is 2.28. The molecule has 3 atom stereocenters. The summed E-state index contributed by atoms with van der Waals surface area (Å²) in [6, 6.07) is 7.39. The summed E-state index contributed by atoms with van der Waals surface area (Å²) >= 11 is 0. The lowest BCUT2D eigenvalue weighted by molar-refractivity contribution is -0.123. The first-order valence-electron chi connectivity index (χ1n) is 8.30. The lowest BCUT2D eigenvalue weighted by Crippen LogP contribution is -2.45. The van der Waals surface area contributed by atoms with E-state index in [0.29, 0.717) is 22.7 Å². The van der Waals surface area contributed by atoms with Crippen molar-refractivity contribution in [2.24, 2.45) is 11.8 Å². The molecule has 0 bridgehead atoms. The van der Waals surface area contributed by atoms with Crippen LogP contribution in [-0.4, -0.2) is 21.5 Å². The molecule has 1 fully saturated rings. The third kappa shape index (κ3) is 3.28. The Hall–Kier alpha value is -2.17. The molecule has 1 heterocycles. The summed E-state index contributed by atoms with van der Waals surface area (Å²) < 4.78 is 1.38. The summed E-state index contributed by atoms with van der Waals surface area (Å²) in [5.74, 6) is 0.980. The summed E-state index contributed by atoms with van der Waals surface area (Å²) in [7, 11) is 0. The van der Waals surface area contributed by atoms with Crippen molar-refractivity contribution in [3.8, 4) is 0 Å². The number of nitrogens with one attached hydrogen (secondary N) is 1. The number of carbonyl (C=O) groups is 1. The second-order valence-corrected chi connectivity index (χ2v) is 6.64. The Morgan fingerprint density at radius 2 is 2.09 bits per heavy atom. The SMILES string of the molecule is C[C@@H]1[C@H](C)CCC[C@@H]1NC(=O)Cn1cnc2ccccc2c1=O. The molecule has 23 heavy (non-hydrogen) atoms. The Kier molecular flexibility index (Phi) is 4.46. The zero-order chi connectivity index (χ0) is 16.4. The normalized spacial score (nSPS) is 24.5. The van der Waals surface area contributed by atoms with Crippen LogP contribution >= 0.6 is 0 Å². The van der Waals surface area contributed by atoms with E-state index in [-0.39, 0.29) is 24.1 Å². The van der Waals surface area contributed by atoms with Crippen LogP contribution in [0, 0.1) is 11.8 Å². The molecule has 0 unspecified atom stereocenters. The number of nitrogens with zero attached hydrogens (tertiary/aromatic N) is 2. The minimum Gasteiger partial charge on any atom is -0.352 e. The molecule has 1 aromatic carbocycles. The second kappa shape index (κ2) is 6.52. The summed E-state index contributed by atoms with van der Waals surface area (Å²) in [4.78, 5) is 29.0. The third-order valence-electron chi connectivity index (χ3n) is 5.10. The Labute approximate surface area is 135 Å². The molecule has 5 nitrogen and oxygen atoms in total. The van der Waals surface area contributed by atoms with Crippen molar-refractivity contribution >= 4 is 16.8 Å². The monoisotopic (exact) mass is 313 g/mol. The Balaban J connectivity index is 1.73. The van der Waals surface area contributed by atoms with Gasteiger partial charge < -0.3 is 5.32 Å². The van der Waals surface area contributed by atoms with E-state index in [4.69, 9.17) is 0 Å². The number of hydrogen-bond donors (Lipinski definition) is 1. The van der Waals surface area contributed by atoms with Gasteiger partial charge in [-0.05, 0) is 30.4 Å². The lowest BCUT2D eigenvalue weighted by Gasteiger charge is -2.34. The maximum absolute atomic E-state index is 12.4. The van der Waals surface area contributed by atoms with E-state index in [1.807, 2.05) is 6.07 Å². The summed E-state index contributed by atoms with van der Waals surface area (Å²) in [6.45, 7) is 4.45. The molecular weight excluding hydrogens is 290 g/mol. The van der Waals surface area contributed by atoms with Gasteiger partial charge in [0.05, 0.1) is 17.2 Å². The highest BCUT2D eigenvalue weighted by atomic mass is 16.2. The van der Waals surface area contributed by atoms with E-state index < -0.39 is 0 Å². The molecule has 0 radical (unpaired) electrons. The number of benzene rings is 1. The lowest BCUT2D eigenvalue weighted by atomic mass is 9.78. The van der Waals surface area contributed by atoms with Gasteiger partial charge in [-0.25, -0.2) is 4.98 Å². The van der Waals surface area contributed by atoms with Gasteiger partial charge in [-0.1, -0.05) is 38.8 Å². The van der Waals surface area contributed by atoms with Crippen molar-refractivity contribution in [1.29, 1.82) is 0 Å². The van der Waals surface area contributed by atoms with Gasteiger partial charge in [0, 0.05) is 6.04 Å². The molecule has 0 spiro atoms. The van der Waals surface area contributed by atoms with Crippen molar-refractivity contribution in [3.05, 3.63) is 40.9 Å². The largest absolute Gasteiger partial charge is 0.352 e. The van der Waals surface area contributed by atoms with Gasteiger partial charge in [-0.15, -0.1) is 0 Å². The molecule has 1 aliphatic carbocycles. The molecule has 1 aliphatic rings. The predicted octanol–water partition coefficient (Wildman–Crippen LogP) is 2.34. The first kappa shape index (κ1) is 15.7. The molecule has 1 saturated carbocycles. The Morgan fingerprint density at radius 3 is 2.91 bits per heavy atom. The highest BCUT2D eigenvalue weighted by Crippen LogP contribution is 2.29. The topological polar surface area (TPSA) is 64.0 Å². The number of hydrogen-bond acceptors (Lipinski definition) is 3. The fraction of sp³-hybridized carbons (Fsp3) is 0.500. The van der Waals surface area contributed by atoms with Gasteiger partial charge in [0.15, 0.2) is 0 Å². The van der Waals surface area contributed by atoms with Crippen molar-refractivity contribution < 1.29 is 4.79 Å². The van der Waals surface area contributed by atoms with Gasteiger partial charge >= 0.3 is 0 Å². The average Bonchev–Trinajstić information content (AvgIpc) is 2.55. The van der Waals surface area contributed by atoms with Crippen LogP contribution in [0.15, 0.2) is 35.4 Å². The van der Waals surface area contributed by atoms with Crippen molar-refractivity contribution in [3.63, 3.8) is 0 Å². The minimum atomic E-state index is -0.171. The van der Waals surface area contributed by atoms with E-state index in [1.54, 1.807) is 18.2 Å². The summed E-state index contributed by atoms with van der Waals surface area (Å²) in [6.07, 6.45) is 4.84. The Bertz CT molecular complexity index is 768. The number of aromatic nitrogens is 2. The average molecular weight is 313 g/mol. The summed E-state index contributed by atoms with van der Waals surface area (Å²) in [5.41, 5.74) is 0.486. The van der Waals surface area contributed by atoms with Crippen LogP contribution in [0.3, 0.4) is 0 Å². The van der Waals surface area contributed by atoms with Crippen LogP contribution in [-0.2, 0) is 11.3 Å². The van der Waals surface area contributed by atoms with E-state index in [2.05, 4.69) is 24.1 Å². The van der Waals surface area contributed by atoms with Crippen molar-refractivity contribution in [2.75, 3.05) is 0 Å². The van der Waals surface area contributed by atoms with Crippen LogP contribution in [0.5, 0.6) is 0 Å². The molecule has 1 amide bonds. The quantitative estimate of drug-likeness (QED) is 0.946. The van der Waals surface area contributed by atoms with E-state index in [9.17, 15) is 9.59 Å². The van der Waals surface area contributed by atoms with Gasteiger partial charge in [-0.2, -0.15) is 0 Å². The molecule has 1 N–H and O–H groups in total. The zero-order valence-electron chi connectivity index (χ0n) is 13.7. The molecule has 122 valence electrons. The van der Waals surface area contributed by atoms with Crippen molar-refractivity contribution in [2.45, 2.75) is 45.7 Å². The van der Waals surface area contributed by atoms with Crippen LogP contribution in [0.25, 0.3) is 10.9 Å². The number of fused-ring (bicyclic) bond motifs is 1. The van der Waals surface area contributed by atoms with Crippen LogP contribution in [0.1, 0.15) is 33.1 Å². The fourth-order valence-electron chi connectivity index (χ4n) is 3.41. The first-order chi connectivity index (χ1) is 11.1. The van der Waals surface area contributed by atoms with Crippen LogP contribution < -0.4 is 10.9 Å². The number of carbonyl (C=O) groups excluding carboxylic acids is 1. The molecule has 2 aromatic rings. The second-order valence-electron chi connectivity index (χ2n) is 6.64. The molecule has 0 saturated heterocycles. The standard InChI is InChI=1S/C18H23N3O2/c1-12-6-5-9-15(13(12)2)20-17(22)10-21-11-19-16-8-4-3-7-14(16)18(21)23/h3-4,7-8,11-13,15H,5-6,9-10H2,1-2H3,(H,20,22)/t12-,13-,15+/m1/s1. The maximum atomic E-state index is 12.4. The number of rotatable bonds is 3. The van der Waals surface area contributed by atoms with Gasteiger partial charge in [0.1, 0.15) is 6.54 Å². The fourth-order valence-corrected chi connectivity index (χ4v) is 3.41. The molecule has 1 aromatic heterocycles.